The molecule has 0 saturated carbocycles. The third kappa shape index (κ3) is 4.08. The lowest BCUT2D eigenvalue weighted by Gasteiger charge is -2.10. The molecule has 0 aliphatic heterocycles. The highest BCUT2D eigenvalue weighted by Crippen LogP contribution is 2.19. The van der Waals surface area contributed by atoms with Gasteiger partial charge in [-0.25, -0.2) is 14.2 Å². The number of carbonyl (C=O) groups is 1. The van der Waals surface area contributed by atoms with Crippen molar-refractivity contribution in [3.05, 3.63) is 80.5 Å². The van der Waals surface area contributed by atoms with E-state index in [0.717, 1.165) is 10.8 Å². The summed E-state index contributed by atoms with van der Waals surface area (Å²) in [7, 11) is 2.78. The van der Waals surface area contributed by atoms with E-state index in [2.05, 4.69) is 14.7 Å². The number of methoxy groups -OCH3 is 2. The summed E-state index contributed by atoms with van der Waals surface area (Å²) in [5.41, 5.74) is -0.664. The Labute approximate surface area is 164 Å². The van der Waals surface area contributed by atoms with Gasteiger partial charge >= 0.3 is 11.7 Å². The largest absolute Gasteiger partial charge is 0.497 e. The highest BCUT2D eigenvalue weighted by molar-refractivity contribution is 5.90. The molecule has 9 heteroatoms. The van der Waals surface area contributed by atoms with Crippen molar-refractivity contribution in [1.29, 1.82) is 0 Å². The number of aromatic amines is 1. The fourth-order valence-electron chi connectivity index (χ4n) is 2.57. The first-order chi connectivity index (χ1) is 13.9. The molecule has 2 N–H and O–H groups in total. The number of ether oxygens (including phenoxy) is 2. The molecule has 0 radical (unpaired) electrons. The van der Waals surface area contributed by atoms with Gasteiger partial charge in [-0.3, -0.25) is 14.8 Å². The minimum Gasteiger partial charge on any atom is -0.497 e. The Kier molecular flexibility index (Phi) is 5.59. The van der Waals surface area contributed by atoms with Crippen molar-refractivity contribution >= 4 is 17.9 Å². The Morgan fingerprint density at radius 2 is 1.72 bits per heavy atom. The molecular weight excluding hydrogens is 378 g/mol. The van der Waals surface area contributed by atoms with Gasteiger partial charge in [-0.1, -0.05) is 0 Å². The highest BCUT2D eigenvalue weighted by Gasteiger charge is 2.14. The lowest BCUT2D eigenvalue weighted by molar-refractivity contribution is 0.0601. The SMILES string of the molecule is COC(=O)c1ccc(N=Cc2c(O)n(-c3ccc(OC)cc3)c(=O)[nH]c2=O)cc1. The second kappa shape index (κ2) is 8.26. The van der Waals surface area contributed by atoms with Gasteiger partial charge in [0.15, 0.2) is 0 Å². The molecule has 0 unspecified atom stereocenters. The lowest BCUT2D eigenvalue weighted by Crippen LogP contribution is -2.31. The van der Waals surface area contributed by atoms with Crippen molar-refractivity contribution in [1.82, 2.24) is 9.55 Å². The highest BCUT2D eigenvalue weighted by atomic mass is 16.5. The molecule has 0 amide bonds. The average Bonchev–Trinajstić information content (AvgIpc) is 2.73. The predicted octanol–water partition coefficient (Wildman–Crippen LogP) is 1.78. The van der Waals surface area contributed by atoms with Gasteiger partial charge in [-0.15, -0.1) is 0 Å². The number of nitrogens with one attached hydrogen (secondary N) is 1. The topological polar surface area (TPSA) is 123 Å². The number of benzene rings is 2. The summed E-state index contributed by atoms with van der Waals surface area (Å²) < 4.78 is 10.6. The van der Waals surface area contributed by atoms with Crippen LogP contribution in [-0.2, 0) is 4.74 Å². The fourth-order valence-corrected chi connectivity index (χ4v) is 2.57. The van der Waals surface area contributed by atoms with Gasteiger partial charge in [0.2, 0.25) is 5.88 Å². The molecule has 1 aromatic heterocycles. The summed E-state index contributed by atoms with van der Waals surface area (Å²) in [6.45, 7) is 0. The summed E-state index contributed by atoms with van der Waals surface area (Å²) in [6.07, 6.45) is 1.14. The molecule has 0 fully saturated rings. The van der Waals surface area contributed by atoms with E-state index in [-0.39, 0.29) is 5.56 Å². The normalized spacial score (nSPS) is 10.8. The van der Waals surface area contributed by atoms with E-state index in [0.29, 0.717) is 22.7 Å². The Bertz CT molecular complexity index is 1170. The molecule has 2 aromatic carbocycles. The fraction of sp³-hybridized carbons (Fsp3) is 0.100. The van der Waals surface area contributed by atoms with Crippen LogP contribution in [0.2, 0.25) is 0 Å². The minimum absolute atomic E-state index is 0.197. The second-order valence-electron chi connectivity index (χ2n) is 5.83. The smallest absolute Gasteiger partial charge is 0.337 e. The predicted molar refractivity (Wildman–Crippen MR) is 106 cm³/mol. The summed E-state index contributed by atoms with van der Waals surface area (Å²) >= 11 is 0. The molecule has 3 aromatic rings. The number of H-pyrrole nitrogens is 1. The average molecular weight is 395 g/mol. The van der Waals surface area contributed by atoms with Crippen molar-refractivity contribution in [3.63, 3.8) is 0 Å². The number of aromatic hydroxyl groups is 1. The van der Waals surface area contributed by atoms with E-state index in [9.17, 15) is 19.5 Å². The number of aromatic nitrogens is 2. The molecular formula is C20H17N3O6. The van der Waals surface area contributed by atoms with Crippen LogP contribution in [0.25, 0.3) is 5.69 Å². The second-order valence-corrected chi connectivity index (χ2v) is 5.83. The third-order valence-electron chi connectivity index (χ3n) is 4.08. The lowest BCUT2D eigenvalue weighted by atomic mass is 10.2. The number of hydrogen-bond donors (Lipinski definition) is 2. The maximum atomic E-state index is 12.2. The van der Waals surface area contributed by atoms with Crippen LogP contribution in [0.15, 0.2) is 63.1 Å². The van der Waals surface area contributed by atoms with E-state index >= 15 is 0 Å². The van der Waals surface area contributed by atoms with Crippen molar-refractivity contribution in [2.45, 2.75) is 0 Å². The zero-order valence-electron chi connectivity index (χ0n) is 15.6. The van der Waals surface area contributed by atoms with Gasteiger partial charge in [0.1, 0.15) is 11.3 Å². The van der Waals surface area contributed by atoms with Crippen molar-refractivity contribution in [2.75, 3.05) is 14.2 Å². The van der Waals surface area contributed by atoms with E-state index in [4.69, 9.17) is 4.74 Å². The molecule has 0 atom stereocenters. The van der Waals surface area contributed by atoms with Gasteiger partial charge in [0.25, 0.3) is 5.56 Å². The Morgan fingerprint density at radius 3 is 2.31 bits per heavy atom. The molecule has 0 spiro atoms. The molecule has 3 rings (SSSR count). The van der Waals surface area contributed by atoms with Gasteiger partial charge < -0.3 is 14.6 Å². The molecule has 0 bridgehead atoms. The van der Waals surface area contributed by atoms with Crippen LogP contribution in [0.1, 0.15) is 15.9 Å². The molecule has 0 saturated heterocycles. The maximum absolute atomic E-state index is 12.2. The third-order valence-corrected chi connectivity index (χ3v) is 4.08. The number of hydrogen-bond acceptors (Lipinski definition) is 7. The van der Waals surface area contributed by atoms with Crippen LogP contribution in [-0.4, -0.2) is 41.1 Å². The van der Waals surface area contributed by atoms with Gasteiger partial charge in [-0.2, -0.15) is 0 Å². The number of esters is 1. The first-order valence-electron chi connectivity index (χ1n) is 8.39. The van der Waals surface area contributed by atoms with Gasteiger partial charge in [0.05, 0.1) is 31.2 Å². The van der Waals surface area contributed by atoms with Crippen LogP contribution >= 0.6 is 0 Å². The van der Waals surface area contributed by atoms with Crippen molar-refractivity contribution in [3.8, 4) is 17.3 Å². The molecule has 0 aliphatic carbocycles. The van der Waals surface area contributed by atoms with Crippen LogP contribution in [0, 0.1) is 0 Å². The Morgan fingerprint density at radius 1 is 1.07 bits per heavy atom. The monoisotopic (exact) mass is 395 g/mol. The summed E-state index contributed by atoms with van der Waals surface area (Å²) in [5.74, 6) is -0.470. The molecule has 1 heterocycles. The number of nitrogens with zero attached hydrogens (tertiary/aromatic N) is 2. The molecule has 0 aliphatic rings. The van der Waals surface area contributed by atoms with E-state index < -0.39 is 23.1 Å². The molecule has 148 valence electrons. The van der Waals surface area contributed by atoms with Crippen LogP contribution in [0.4, 0.5) is 5.69 Å². The van der Waals surface area contributed by atoms with Gasteiger partial charge in [0, 0.05) is 6.21 Å². The van der Waals surface area contributed by atoms with E-state index in [1.165, 1.54) is 26.4 Å². The van der Waals surface area contributed by atoms with Gasteiger partial charge in [-0.05, 0) is 48.5 Å². The van der Waals surface area contributed by atoms with E-state index in [1.54, 1.807) is 36.4 Å². The van der Waals surface area contributed by atoms with Crippen LogP contribution < -0.4 is 16.0 Å². The maximum Gasteiger partial charge on any atom is 0.337 e. The minimum atomic E-state index is -0.794. The van der Waals surface area contributed by atoms with Crippen LogP contribution in [0.5, 0.6) is 11.6 Å². The van der Waals surface area contributed by atoms with Crippen molar-refractivity contribution in [2.24, 2.45) is 4.99 Å². The summed E-state index contributed by atoms with van der Waals surface area (Å²) in [4.78, 5) is 42.1. The Balaban J connectivity index is 1.99. The Hall–Kier alpha value is -4.14. The summed E-state index contributed by atoms with van der Waals surface area (Å²) in [5, 5.41) is 10.5. The molecule has 29 heavy (non-hydrogen) atoms. The van der Waals surface area contributed by atoms with Crippen LogP contribution in [0.3, 0.4) is 0 Å². The standard InChI is InChI=1S/C20H17N3O6/c1-28-15-9-7-14(8-10-15)23-18(25)16(17(24)22-20(23)27)11-21-13-5-3-12(4-6-13)19(26)29-2/h3-11,25H,1-2H3,(H,22,24,27). The summed E-state index contributed by atoms with van der Waals surface area (Å²) in [6, 6.07) is 12.5. The number of rotatable bonds is 5. The van der Waals surface area contributed by atoms with E-state index in [1.807, 2.05) is 0 Å². The first-order valence-corrected chi connectivity index (χ1v) is 8.39. The van der Waals surface area contributed by atoms with Crippen molar-refractivity contribution < 1.29 is 19.4 Å². The zero-order chi connectivity index (χ0) is 21.0. The quantitative estimate of drug-likeness (QED) is 0.501. The molecule has 9 nitrogen and oxygen atoms in total. The number of carbonyl (C=O) groups excluding carboxylic acids is 1. The first kappa shape index (κ1) is 19.6. The number of aliphatic imine (C=N–C) groups is 1. The zero-order valence-corrected chi connectivity index (χ0v) is 15.6.